The number of nitrogens with zero attached hydrogens (tertiary/aromatic N) is 2. The standard InChI is InChI=1S/C14H23N3O2/c1-9-11(15)16-12(10-5-6-10)17-13(9)18-7-8-19-14(2,3)4/h10H,5-8H2,1-4H3,(H2,15,16,17). The Morgan fingerprint density at radius 2 is 1.89 bits per heavy atom. The highest BCUT2D eigenvalue weighted by molar-refractivity contribution is 5.45. The van der Waals surface area contributed by atoms with Gasteiger partial charge in [-0.05, 0) is 40.5 Å². The molecule has 1 aromatic rings. The quantitative estimate of drug-likeness (QED) is 0.828. The first kappa shape index (κ1) is 14.1. The van der Waals surface area contributed by atoms with Gasteiger partial charge in [-0.2, -0.15) is 4.98 Å². The van der Waals surface area contributed by atoms with Gasteiger partial charge in [0.15, 0.2) is 0 Å². The molecule has 1 heterocycles. The predicted octanol–water partition coefficient (Wildman–Crippen LogP) is 2.44. The Morgan fingerprint density at radius 1 is 1.21 bits per heavy atom. The van der Waals surface area contributed by atoms with Gasteiger partial charge in [0, 0.05) is 5.92 Å². The first-order chi connectivity index (χ1) is 8.87. The third-order valence-corrected chi connectivity index (χ3v) is 2.96. The minimum atomic E-state index is -0.151. The van der Waals surface area contributed by atoms with Crippen LogP contribution in [0.1, 0.15) is 50.9 Å². The van der Waals surface area contributed by atoms with Gasteiger partial charge in [-0.25, -0.2) is 4.98 Å². The van der Waals surface area contributed by atoms with Crippen LogP contribution in [0.2, 0.25) is 0 Å². The van der Waals surface area contributed by atoms with Crippen molar-refractivity contribution in [3.8, 4) is 5.88 Å². The van der Waals surface area contributed by atoms with Gasteiger partial charge in [0.2, 0.25) is 5.88 Å². The minimum absolute atomic E-state index is 0.151. The van der Waals surface area contributed by atoms with Crippen LogP contribution >= 0.6 is 0 Å². The zero-order valence-corrected chi connectivity index (χ0v) is 12.2. The van der Waals surface area contributed by atoms with Gasteiger partial charge in [0.25, 0.3) is 0 Å². The lowest BCUT2D eigenvalue weighted by Gasteiger charge is -2.19. The molecule has 0 aliphatic heterocycles. The molecular weight excluding hydrogens is 242 g/mol. The van der Waals surface area contributed by atoms with Crippen molar-refractivity contribution in [1.29, 1.82) is 0 Å². The molecule has 1 saturated carbocycles. The summed E-state index contributed by atoms with van der Waals surface area (Å²) in [6.45, 7) is 8.95. The fourth-order valence-electron chi connectivity index (χ4n) is 1.68. The summed E-state index contributed by atoms with van der Waals surface area (Å²) < 4.78 is 11.3. The first-order valence-corrected chi connectivity index (χ1v) is 6.77. The number of aromatic nitrogens is 2. The van der Waals surface area contributed by atoms with Gasteiger partial charge >= 0.3 is 0 Å². The van der Waals surface area contributed by atoms with Crippen molar-refractivity contribution in [2.75, 3.05) is 18.9 Å². The van der Waals surface area contributed by atoms with Crippen LogP contribution in [-0.4, -0.2) is 28.8 Å². The predicted molar refractivity (Wildman–Crippen MR) is 74.4 cm³/mol. The van der Waals surface area contributed by atoms with Gasteiger partial charge in [-0.3, -0.25) is 0 Å². The maximum Gasteiger partial charge on any atom is 0.221 e. The van der Waals surface area contributed by atoms with E-state index in [1.54, 1.807) is 0 Å². The van der Waals surface area contributed by atoms with Crippen molar-refractivity contribution in [3.05, 3.63) is 11.4 Å². The summed E-state index contributed by atoms with van der Waals surface area (Å²) >= 11 is 0. The molecule has 1 aromatic heterocycles. The van der Waals surface area contributed by atoms with E-state index in [4.69, 9.17) is 15.2 Å². The normalized spacial score (nSPS) is 15.6. The third-order valence-electron chi connectivity index (χ3n) is 2.96. The second-order valence-corrected chi connectivity index (χ2v) is 5.98. The molecule has 1 aliphatic carbocycles. The number of nitrogen functional groups attached to an aromatic ring is 1. The van der Waals surface area contributed by atoms with Crippen LogP contribution in [0.25, 0.3) is 0 Å². The molecule has 2 rings (SSSR count). The molecule has 0 radical (unpaired) electrons. The van der Waals surface area contributed by atoms with Crippen LogP contribution in [0.15, 0.2) is 0 Å². The highest BCUT2D eigenvalue weighted by Gasteiger charge is 2.28. The van der Waals surface area contributed by atoms with E-state index in [2.05, 4.69) is 9.97 Å². The van der Waals surface area contributed by atoms with Crippen molar-refractivity contribution in [2.45, 2.75) is 52.1 Å². The minimum Gasteiger partial charge on any atom is -0.475 e. The molecule has 0 aromatic carbocycles. The maximum atomic E-state index is 5.90. The van der Waals surface area contributed by atoms with E-state index in [0.717, 1.165) is 24.2 Å². The van der Waals surface area contributed by atoms with E-state index < -0.39 is 0 Å². The van der Waals surface area contributed by atoms with Gasteiger partial charge in [0.05, 0.1) is 17.8 Å². The third kappa shape index (κ3) is 4.06. The van der Waals surface area contributed by atoms with Gasteiger partial charge in [-0.15, -0.1) is 0 Å². The molecular formula is C14H23N3O2. The SMILES string of the molecule is Cc1c(N)nc(C2CC2)nc1OCCOC(C)(C)C. The van der Waals surface area contributed by atoms with Gasteiger partial charge in [0.1, 0.15) is 18.2 Å². The molecule has 0 saturated heterocycles. The lowest BCUT2D eigenvalue weighted by Crippen LogP contribution is -2.22. The molecule has 0 unspecified atom stereocenters. The number of anilines is 1. The smallest absolute Gasteiger partial charge is 0.221 e. The van der Waals surface area contributed by atoms with E-state index in [1.165, 1.54) is 0 Å². The largest absolute Gasteiger partial charge is 0.475 e. The number of ether oxygens (including phenoxy) is 2. The van der Waals surface area contributed by atoms with E-state index >= 15 is 0 Å². The molecule has 0 spiro atoms. The molecule has 1 fully saturated rings. The van der Waals surface area contributed by atoms with E-state index in [1.807, 2.05) is 27.7 Å². The summed E-state index contributed by atoms with van der Waals surface area (Å²) in [7, 11) is 0. The second kappa shape index (κ2) is 5.33. The molecule has 19 heavy (non-hydrogen) atoms. The van der Waals surface area contributed by atoms with Crippen LogP contribution < -0.4 is 10.5 Å². The van der Waals surface area contributed by atoms with E-state index in [9.17, 15) is 0 Å². The van der Waals surface area contributed by atoms with E-state index in [0.29, 0.717) is 30.8 Å². The molecule has 0 amide bonds. The summed E-state index contributed by atoms with van der Waals surface area (Å²) in [5, 5.41) is 0. The highest BCUT2D eigenvalue weighted by Crippen LogP contribution is 2.39. The molecule has 5 nitrogen and oxygen atoms in total. The monoisotopic (exact) mass is 265 g/mol. The zero-order chi connectivity index (χ0) is 14.0. The average molecular weight is 265 g/mol. The van der Waals surface area contributed by atoms with Crippen molar-refractivity contribution in [1.82, 2.24) is 9.97 Å². The molecule has 5 heteroatoms. The number of rotatable bonds is 5. The van der Waals surface area contributed by atoms with Crippen LogP contribution in [0, 0.1) is 6.92 Å². The zero-order valence-electron chi connectivity index (χ0n) is 12.2. The fourth-order valence-corrected chi connectivity index (χ4v) is 1.68. The fraction of sp³-hybridized carbons (Fsp3) is 0.714. The Hall–Kier alpha value is -1.36. The summed E-state index contributed by atoms with van der Waals surface area (Å²) in [5.74, 6) is 2.39. The second-order valence-electron chi connectivity index (χ2n) is 5.98. The highest BCUT2D eigenvalue weighted by atomic mass is 16.5. The van der Waals surface area contributed by atoms with Crippen molar-refractivity contribution >= 4 is 5.82 Å². The lowest BCUT2D eigenvalue weighted by atomic mass is 10.2. The Morgan fingerprint density at radius 3 is 2.47 bits per heavy atom. The lowest BCUT2D eigenvalue weighted by molar-refractivity contribution is -0.0169. The number of hydrogen-bond donors (Lipinski definition) is 1. The summed E-state index contributed by atoms with van der Waals surface area (Å²) in [4.78, 5) is 8.78. The van der Waals surface area contributed by atoms with E-state index in [-0.39, 0.29) is 5.60 Å². The number of nitrogens with two attached hydrogens (primary N) is 1. The van der Waals surface area contributed by atoms with Gasteiger partial charge in [-0.1, -0.05) is 0 Å². The van der Waals surface area contributed by atoms with Crippen molar-refractivity contribution in [2.24, 2.45) is 0 Å². The summed E-state index contributed by atoms with van der Waals surface area (Å²) in [6, 6.07) is 0. The average Bonchev–Trinajstić information content (AvgIpc) is 3.12. The maximum absolute atomic E-state index is 5.90. The molecule has 1 aliphatic rings. The topological polar surface area (TPSA) is 70.3 Å². The first-order valence-electron chi connectivity index (χ1n) is 6.77. The Kier molecular flexibility index (Phi) is 3.94. The summed E-state index contributed by atoms with van der Waals surface area (Å²) in [5.41, 5.74) is 6.55. The Balaban J connectivity index is 1.95. The Labute approximate surface area is 114 Å². The molecule has 2 N–H and O–H groups in total. The molecule has 106 valence electrons. The van der Waals surface area contributed by atoms with Crippen molar-refractivity contribution < 1.29 is 9.47 Å². The van der Waals surface area contributed by atoms with Gasteiger partial charge < -0.3 is 15.2 Å². The molecule has 0 atom stereocenters. The Bertz CT molecular complexity index is 451. The molecule has 0 bridgehead atoms. The summed E-state index contributed by atoms with van der Waals surface area (Å²) in [6.07, 6.45) is 2.30. The van der Waals surface area contributed by atoms with Crippen LogP contribution in [0.3, 0.4) is 0 Å². The van der Waals surface area contributed by atoms with Crippen LogP contribution in [0.4, 0.5) is 5.82 Å². The van der Waals surface area contributed by atoms with Crippen molar-refractivity contribution in [3.63, 3.8) is 0 Å². The number of hydrogen-bond acceptors (Lipinski definition) is 5. The van der Waals surface area contributed by atoms with Crippen LogP contribution in [-0.2, 0) is 4.74 Å². The van der Waals surface area contributed by atoms with Crippen LogP contribution in [0.5, 0.6) is 5.88 Å².